The smallest absolute Gasteiger partial charge is 0.319 e. The maximum atomic E-state index is 13.1. The van der Waals surface area contributed by atoms with Gasteiger partial charge >= 0.3 is 6.03 Å². The fourth-order valence-electron chi connectivity index (χ4n) is 3.46. The summed E-state index contributed by atoms with van der Waals surface area (Å²) >= 11 is 5.06. The standard InChI is InChI=1S/C17H15BrN2O2S/c18-12-5-3-11(4-6-12)10-20-15(21)17(19-16(20)22)8-1-2-14-13(17)7-9-23-14/h3-7,9H,1-2,8,10H2,(H,19,22)/t17-/m1/s1. The van der Waals surface area contributed by atoms with Crippen LogP contribution in [0.1, 0.15) is 28.8 Å². The van der Waals surface area contributed by atoms with Crippen molar-refractivity contribution in [1.82, 2.24) is 10.2 Å². The zero-order chi connectivity index (χ0) is 16.0. The molecule has 0 bridgehead atoms. The van der Waals surface area contributed by atoms with E-state index in [2.05, 4.69) is 21.2 Å². The van der Waals surface area contributed by atoms with Crippen molar-refractivity contribution in [3.63, 3.8) is 0 Å². The predicted octanol–water partition coefficient (Wildman–Crippen LogP) is 3.79. The van der Waals surface area contributed by atoms with Crippen molar-refractivity contribution < 1.29 is 9.59 Å². The molecule has 2 aromatic rings. The van der Waals surface area contributed by atoms with Crippen molar-refractivity contribution in [2.45, 2.75) is 31.3 Å². The van der Waals surface area contributed by atoms with Crippen LogP contribution >= 0.6 is 27.3 Å². The minimum Gasteiger partial charge on any atom is -0.319 e. The number of hydrogen-bond donors (Lipinski definition) is 1. The van der Waals surface area contributed by atoms with Crippen LogP contribution in [-0.4, -0.2) is 16.8 Å². The first-order valence-corrected chi connectivity index (χ1v) is 9.23. The van der Waals surface area contributed by atoms with Crippen LogP contribution in [0.4, 0.5) is 4.79 Å². The zero-order valence-electron chi connectivity index (χ0n) is 12.3. The second kappa shape index (κ2) is 5.46. The molecular formula is C17H15BrN2O2S. The Morgan fingerprint density at radius 3 is 2.78 bits per heavy atom. The fraction of sp³-hybridized carbons (Fsp3) is 0.294. The Kier molecular flexibility index (Phi) is 3.54. The molecule has 4 nitrogen and oxygen atoms in total. The Balaban J connectivity index is 1.66. The fourth-order valence-corrected chi connectivity index (χ4v) is 4.72. The molecule has 3 amide bonds. The van der Waals surface area contributed by atoms with Gasteiger partial charge in [-0.2, -0.15) is 0 Å². The van der Waals surface area contributed by atoms with Crippen LogP contribution in [0.2, 0.25) is 0 Å². The number of amides is 3. The van der Waals surface area contributed by atoms with Gasteiger partial charge in [0.15, 0.2) is 0 Å². The summed E-state index contributed by atoms with van der Waals surface area (Å²) in [5.74, 6) is -0.121. The third-order valence-electron chi connectivity index (χ3n) is 4.59. The lowest BCUT2D eigenvalue weighted by molar-refractivity contribution is -0.132. The van der Waals surface area contributed by atoms with E-state index < -0.39 is 5.54 Å². The van der Waals surface area contributed by atoms with Gasteiger partial charge < -0.3 is 5.32 Å². The second-order valence-electron chi connectivity index (χ2n) is 5.96. The highest BCUT2D eigenvalue weighted by atomic mass is 79.9. The van der Waals surface area contributed by atoms with E-state index in [4.69, 9.17) is 0 Å². The number of halogens is 1. The maximum absolute atomic E-state index is 13.1. The first-order valence-electron chi connectivity index (χ1n) is 7.55. The first kappa shape index (κ1) is 14.9. The highest BCUT2D eigenvalue weighted by Gasteiger charge is 2.54. The van der Waals surface area contributed by atoms with E-state index in [1.165, 1.54) is 9.78 Å². The van der Waals surface area contributed by atoms with Crippen molar-refractivity contribution in [1.29, 1.82) is 0 Å². The number of aryl methyl sites for hydroxylation is 1. The number of hydrogen-bond acceptors (Lipinski definition) is 3. The summed E-state index contributed by atoms with van der Waals surface area (Å²) in [6.45, 7) is 0.305. The van der Waals surface area contributed by atoms with Crippen molar-refractivity contribution in [2.24, 2.45) is 0 Å². The van der Waals surface area contributed by atoms with E-state index in [1.807, 2.05) is 35.7 Å². The Hall–Kier alpha value is -1.66. The summed E-state index contributed by atoms with van der Waals surface area (Å²) in [4.78, 5) is 28.1. The Labute approximate surface area is 146 Å². The molecule has 1 saturated heterocycles. The number of rotatable bonds is 2. The molecule has 2 heterocycles. The van der Waals surface area contributed by atoms with Crippen LogP contribution in [0.3, 0.4) is 0 Å². The third-order valence-corrected chi connectivity index (χ3v) is 6.10. The van der Waals surface area contributed by atoms with Gasteiger partial charge in [0.2, 0.25) is 0 Å². The number of fused-ring (bicyclic) bond motifs is 2. The molecule has 0 saturated carbocycles. The molecule has 6 heteroatoms. The van der Waals surface area contributed by atoms with Crippen LogP contribution < -0.4 is 5.32 Å². The minimum absolute atomic E-state index is 0.121. The van der Waals surface area contributed by atoms with E-state index in [0.29, 0.717) is 13.0 Å². The molecule has 1 aromatic heterocycles. The highest BCUT2D eigenvalue weighted by molar-refractivity contribution is 9.10. The van der Waals surface area contributed by atoms with Gasteiger partial charge in [-0.25, -0.2) is 4.79 Å². The number of nitrogens with one attached hydrogen (secondary N) is 1. The number of nitrogens with zero attached hydrogens (tertiary/aromatic N) is 1. The van der Waals surface area contributed by atoms with Gasteiger partial charge in [-0.1, -0.05) is 28.1 Å². The predicted molar refractivity (Wildman–Crippen MR) is 92.2 cm³/mol. The zero-order valence-corrected chi connectivity index (χ0v) is 14.7. The van der Waals surface area contributed by atoms with Crippen LogP contribution in [0.15, 0.2) is 40.2 Å². The van der Waals surface area contributed by atoms with E-state index in [9.17, 15) is 9.59 Å². The van der Waals surface area contributed by atoms with Gasteiger partial charge in [0.05, 0.1) is 6.54 Å². The molecule has 0 radical (unpaired) electrons. The lowest BCUT2D eigenvalue weighted by Crippen LogP contribution is -2.46. The first-order chi connectivity index (χ1) is 11.1. The average molecular weight is 391 g/mol. The molecule has 0 unspecified atom stereocenters. The molecule has 1 aliphatic heterocycles. The molecule has 1 atom stereocenters. The average Bonchev–Trinajstić information content (AvgIpc) is 3.10. The number of carbonyl (C=O) groups is 2. The van der Waals surface area contributed by atoms with Crippen molar-refractivity contribution in [2.75, 3.05) is 0 Å². The number of carbonyl (C=O) groups excluding carboxylic acids is 2. The minimum atomic E-state index is -0.847. The number of benzene rings is 1. The largest absolute Gasteiger partial charge is 0.325 e. The molecule has 1 N–H and O–H groups in total. The van der Waals surface area contributed by atoms with Gasteiger partial charge in [0.25, 0.3) is 5.91 Å². The summed E-state index contributed by atoms with van der Waals surface area (Å²) in [5, 5.41) is 4.99. The van der Waals surface area contributed by atoms with Crippen LogP contribution in [0.5, 0.6) is 0 Å². The van der Waals surface area contributed by atoms with E-state index in [0.717, 1.165) is 28.4 Å². The lowest BCUT2D eigenvalue weighted by atomic mass is 9.80. The van der Waals surface area contributed by atoms with Crippen LogP contribution in [0, 0.1) is 0 Å². The summed E-state index contributed by atoms with van der Waals surface area (Å²) in [7, 11) is 0. The molecule has 2 aliphatic rings. The number of thiophene rings is 1. The molecule has 23 heavy (non-hydrogen) atoms. The third kappa shape index (κ3) is 2.32. The quantitative estimate of drug-likeness (QED) is 0.792. The van der Waals surface area contributed by atoms with Crippen molar-refractivity contribution in [3.05, 3.63) is 56.2 Å². The summed E-state index contributed by atoms with van der Waals surface area (Å²) < 4.78 is 0.977. The van der Waals surface area contributed by atoms with E-state index in [1.54, 1.807) is 11.3 Å². The molecular weight excluding hydrogens is 376 g/mol. The number of urea groups is 1. The highest BCUT2D eigenvalue weighted by Crippen LogP contribution is 2.42. The Bertz CT molecular complexity index is 786. The van der Waals surface area contributed by atoms with E-state index in [-0.39, 0.29) is 11.9 Å². The van der Waals surface area contributed by atoms with Gasteiger partial charge in [-0.05, 0) is 48.4 Å². The summed E-state index contributed by atoms with van der Waals surface area (Å²) in [6.07, 6.45) is 2.59. The molecule has 1 aliphatic carbocycles. The van der Waals surface area contributed by atoms with Gasteiger partial charge in [0.1, 0.15) is 5.54 Å². The van der Waals surface area contributed by atoms with E-state index >= 15 is 0 Å². The number of imide groups is 1. The molecule has 118 valence electrons. The van der Waals surface area contributed by atoms with Crippen molar-refractivity contribution >= 4 is 39.2 Å². The molecule has 1 aromatic carbocycles. The molecule has 1 fully saturated rings. The normalized spacial score (nSPS) is 23.3. The molecule has 4 rings (SSSR count). The second-order valence-corrected chi connectivity index (χ2v) is 7.88. The monoisotopic (exact) mass is 390 g/mol. The maximum Gasteiger partial charge on any atom is 0.325 e. The van der Waals surface area contributed by atoms with Gasteiger partial charge in [-0.15, -0.1) is 11.3 Å². The Morgan fingerprint density at radius 1 is 1.22 bits per heavy atom. The lowest BCUT2D eigenvalue weighted by Gasteiger charge is -2.31. The summed E-state index contributed by atoms with van der Waals surface area (Å²) in [6, 6.07) is 9.37. The van der Waals surface area contributed by atoms with Gasteiger partial charge in [-0.3, -0.25) is 9.69 Å². The molecule has 1 spiro atoms. The van der Waals surface area contributed by atoms with Gasteiger partial charge in [0, 0.05) is 14.9 Å². The Morgan fingerprint density at radius 2 is 2.00 bits per heavy atom. The van der Waals surface area contributed by atoms with Crippen LogP contribution in [-0.2, 0) is 23.3 Å². The van der Waals surface area contributed by atoms with Crippen molar-refractivity contribution in [3.8, 4) is 0 Å². The van der Waals surface area contributed by atoms with Crippen LogP contribution in [0.25, 0.3) is 0 Å². The topological polar surface area (TPSA) is 49.4 Å². The SMILES string of the molecule is O=C1N[C@@]2(CCCc3sccc32)C(=O)N1Cc1ccc(Br)cc1. The summed E-state index contributed by atoms with van der Waals surface area (Å²) in [5.41, 5.74) is 1.08.